The predicted octanol–water partition coefficient (Wildman–Crippen LogP) is 2.51. The summed E-state index contributed by atoms with van der Waals surface area (Å²) in [6, 6.07) is 14.8. The zero-order chi connectivity index (χ0) is 18.6. The van der Waals surface area contributed by atoms with E-state index in [0.717, 1.165) is 12.8 Å². The first-order valence-corrected chi connectivity index (χ1v) is 9.96. The van der Waals surface area contributed by atoms with Gasteiger partial charge in [0.25, 0.3) is 10.0 Å². The van der Waals surface area contributed by atoms with E-state index in [0.29, 0.717) is 24.5 Å². The van der Waals surface area contributed by atoms with Crippen LogP contribution in [-0.2, 0) is 14.8 Å². The number of amides is 1. The fourth-order valence-electron chi connectivity index (χ4n) is 2.97. The summed E-state index contributed by atoms with van der Waals surface area (Å²) in [6.07, 6.45) is 1.92. The van der Waals surface area contributed by atoms with Crippen molar-refractivity contribution in [1.82, 2.24) is 4.90 Å². The molecule has 26 heavy (non-hydrogen) atoms. The van der Waals surface area contributed by atoms with Crippen molar-refractivity contribution in [3.05, 3.63) is 54.6 Å². The van der Waals surface area contributed by atoms with E-state index in [9.17, 15) is 13.2 Å². The van der Waals surface area contributed by atoms with Gasteiger partial charge in [-0.2, -0.15) is 0 Å². The fourth-order valence-corrected chi connectivity index (χ4v) is 4.41. The first-order chi connectivity index (χ1) is 12.5. The topological polar surface area (TPSA) is 66.9 Å². The lowest BCUT2D eigenvalue weighted by molar-refractivity contribution is -0.128. The molecule has 1 amide bonds. The molecule has 0 radical (unpaired) electrons. The number of benzene rings is 2. The quantitative estimate of drug-likeness (QED) is 0.779. The Labute approximate surface area is 154 Å². The van der Waals surface area contributed by atoms with Crippen LogP contribution < -0.4 is 9.04 Å². The minimum Gasteiger partial charge on any atom is -0.497 e. The number of carbonyl (C=O) groups is 1. The highest BCUT2D eigenvalue weighted by Crippen LogP contribution is 2.26. The Morgan fingerprint density at radius 3 is 2.23 bits per heavy atom. The summed E-state index contributed by atoms with van der Waals surface area (Å²) in [7, 11) is -2.31. The van der Waals surface area contributed by atoms with Gasteiger partial charge in [-0.3, -0.25) is 9.10 Å². The van der Waals surface area contributed by atoms with Crippen LogP contribution in [0.4, 0.5) is 5.69 Å². The standard InChI is InChI=1S/C19H22N2O4S/c1-25-17-11-9-16(10-12-17)21(15-19(22)20-13-5-6-14-20)26(23,24)18-7-3-2-4-8-18/h2-4,7-12H,5-6,13-15H2,1H3. The molecule has 0 bridgehead atoms. The normalized spacial score (nSPS) is 14.3. The van der Waals surface area contributed by atoms with Crippen molar-refractivity contribution in [2.45, 2.75) is 17.7 Å². The molecule has 3 rings (SSSR count). The van der Waals surface area contributed by atoms with Gasteiger partial charge in [-0.1, -0.05) is 18.2 Å². The van der Waals surface area contributed by atoms with Gasteiger partial charge in [0.1, 0.15) is 12.3 Å². The molecule has 2 aromatic rings. The van der Waals surface area contributed by atoms with Gasteiger partial charge in [0.2, 0.25) is 5.91 Å². The molecule has 138 valence electrons. The Morgan fingerprint density at radius 2 is 1.65 bits per heavy atom. The maximum absolute atomic E-state index is 13.2. The third kappa shape index (κ3) is 3.83. The molecule has 0 atom stereocenters. The lowest BCUT2D eigenvalue weighted by Gasteiger charge is -2.26. The van der Waals surface area contributed by atoms with Crippen molar-refractivity contribution in [2.75, 3.05) is 31.0 Å². The molecule has 0 unspecified atom stereocenters. The first kappa shape index (κ1) is 18.3. The molecular formula is C19H22N2O4S. The minimum atomic E-state index is -3.85. The molecule has 1 fully saturated rings. The Morgan fingerprint density at radius 1 is 1.04 bits per heavy atom. The molecule has 0 aromatic heterocycles. The fraction of sp³-hybridized carbons (Fsp3) is 0.316. The van der Waals surface area contributed by atoms with Gasteiger partial charge in [0.15, 0.2) is 0 Å². The molecule has 1 aliphatic rings. The number of likely N-dealkylation sites (tertiary alicyclic amines) is 1. The van der Waals surface area contributed by atoms with Crippen LogP contribution >= 0.6 is 0 Å². The van der Waals surface area contributed by atoms with E-state index in [1.165, 1.54) is 16.4 Å². The number of hydrogen-bond acceptors (Lipinski definition) is 4. The summed E-state index contributed by atoms with van der Waals surface area (Å²) in [5.74, 6) is 0.439. The van der Waals surface area contributed by atoms with E-state index < -0.39 is 10.0 Å². The van der Waals surface area contributed by atoms with Crippen LogP contribution in [-0.4, -0.2) is 46.0 Å². The molecule has 1 heterocycles. The number of ether oxygens (including phenoxy) is 1. The van der Waals surface area contributed by atoms with Crippen molar-refractivity contribution in [1.29, 1.82) is 0 Å². The molecule has 1 aliphatic heterocycles. The van der Waals surface area contributed by atoms with Gasteiger partial charge in [0.05, 0.1) is 17.7 Å². The molecule has 0 aliphatic carbocycles. The molecule has 1 saturated heterocycles. The van der Waals surface area contributed by atoms with E-state index in [2.05, 4.69) is 0 Å². The summed E-state index contributed by atoms with van der Waals surface area (Å²) in [6.45, 7) is 1.14. The van der Waals surface area contributed by atoms with E-state index in [4.69, 9.17) is 4.74 Å². The lowest BCUT2D eigenvalue weighted by atomic mass is 10.3. The lowest BCUT2D eigenvalue weighted by Crippen LogP contribution is -2.42. The second-order valence-corrected chi connectivity index (χ2v) is 7.97. The van der Waals surface area contributed by atoms with Crippen LogP contribution in [0, 0.1) is 0 Å². The Hall–Kier alpha value is -2.54. The summed E-state index contributed by atoms with van der Waals surface area (Å²) in [5.41, 5.74) is 0.433. The molecule has 0 spiro atoms. The van der Waals surface area contributed by atoms with Crippen LogP contribution in [0.2, 0.25) is 0 Å². The molecule has 6 nitrogen and oxygen atoms in total. The number of sulfonamides is 1. The van der Waals surface area contributed by atoms with Gasteiger partial charge in [-0.15, -0.1) is 0 Å². The van der Waals surface area contributed by atoms with E-state index in [-0.39, 0.29) is 17.3 Å². The molecule has 7 heteroatoms. The van der Waals surface area contributed by atoms with Crippen molar-refractivity contribution < 1.29 is 17.9 Å². The number of methoxy groups -OCH3 is 1. The van der Waals surface area contributed by atoms with Crippen LogP contribution in [0.3, 0.4) is 0 Å². The van der Waals surface area contributed by atoms with Crippen molar-refractivity contribution in [2.24, 2.45) is 0 Å². The minimum absolute atomic E-state index is 0.157. The zero-order valence-corrected chi connectivity index (χ0v) is 15.5. The van der Waals surface area contributed by atoms with E-state index in [1.807, 2.05) is 0 Å². The molecule has 0 saturated carbocycles. The van der Waals surface area contributed by atoms with Crippen molar-refractivity contribution in [3.8, 4) is 5.75 Å². The largest absolute Gasteiger partial charge is 0.497 e. The molecule has 0 N–H and O–H groups in total. The number of rotatable bonds is 6. The summed E-state index contributed by atoms with van der Waals surface area (Å²) in [4.78, 5) is 14.5. The average Bonchev–Trinajstić information content (AvgIpc) is 3.21. The Balaban J connectivity index is 1.96. The zero-order valence-electron chi connectivity index (χ0n) is 14.7. The highest BCUT2D eigenvalue weighted by Gasteiger charge is 2.29. The van der Waals surface area contributed by atoms with Crippen molar-refractivity contribution >= 4 is 21.6 Å². The smallest absolute Gasteiger partial charge is 0.264 e. The summed E-state index contributed by atoms with van der Waals surface area (Å²) in [5, 5.41) is 0. The van der Waals surface area contributed by atoms with Crippen LogP contribution in [0.15, 0.2) is 59.5 Å². The second kappa shape index (κ2) is 7.78. The van der Waals surface area contributed by atoms with Gasteiger partial charge in [-0.25, -0.2) is 8.42 Å². The SMILES string of the molecule is COc1ccc(N(CC(=O)N2CCCC2)S(=O)(=O)c2ccccc2)cc1. The van der Waals surface area contributed by atoms with E-state index >= 15 is 0 Å². The Kier molecular flexibility index (Phi) is 5.46. The van der Waals surface area contributed by atoms with Gasteiger partial charge in [-0.05, 0) is 49.2 Å². The molecular weight excluding hydrogens is 352 g/mol. The maximum Gasteiger partial charge on any atom is 0.264 e. The number of nitrogens with zero attached hydrogens (tertiary/aromatic N) is 2. The third-order valence-electron chi connectivity index (χ3n) is 4.43. The summed E-state index contributed by atoms with van der Waals surface area (Å²) < 4.78 is 32.6. The monoisotopic (exact) mass is 374 g/mol. The summed E-state index contributed by atoms with van der Waals surface area (Å²) >= 11 is 0. The molecule has 2 aromatic carbocycles. The average molecular weight is 374 g/mol. The Bertz CT molecular complexity index is 845. The highest BCUT2D eigenvalue weighted by molar-refractivity contribution is 7.92. The van der Waals surface area contributed by atoms with Gasteiger partial charge < -0.3 is 9.64 Å². The highest BCUT2D eigenvalue weighted by atomic mass is 32.2. The maximum atomic E-state index is 13.2. The van der Waals surface area contributed by atoms with E-state index in [1.54, 1.807) is 54.5 Å². The predicted molar refractivity (Wildman–Crippen MR) is 99.8 cm³/mol. The first-order valence-electron chi connectivity index (χ1n) is 8.52. The number of anilines is 1. The number of carbonyl (C=O) groups excluding carboxylic acids is 1. The second-order valence-electron chi connectivity index (χ2n) is 6.11. The van der Waals surface area contributed by atoms with Crippen molar-refractivity contribution in [3.63, 3.8) is 0 Å². The van der Waals surface area contributed by atoms with Crippen LogP contribution in [0.25, 0.3) is 0 Å². The third-order valence-corrected chi connectivity index (χ3v) is 6.22. The number of hydrogen-bond donors (Lipinski definition) is 0. The van der Waals surface area contributed by atoms with Crippen LogP contribution in [0.1, 0.15) is 12.8 Å². The van der Waals surface area contributed by atoms with Gasteiger partial charge in [0, 0.05) is 13.1 Å². The van der Waals surface area contributed by atoms with Crippen LogP contribution in [0.5, 0.6) is 5.75 Å². The van der Waals surface area contributed by atoms with Gasteiger partial charge >= 0.3 is 0 Å².